The number of ether oxygens (including phenoxy) is 2. The Labute approximate surface area is 163 Å². The quantitative estimate of drug-likeness (QED) is 0.804. The summed E-state index contributed by atoms with van der Waals surface area (Å²) in [5.41, 5.74) is -1.83. The Morgan fingerprint density at radius 3 is 1.96 bits per heavy atom. The van der Waals surface area contributed by atoms with Gasteiger partial charge in [-0.3, -0.25) is 4.90 Å². The summed E-state index contributed by atoms with van der Waals surface area (Å²) in [5, 5.41) is 10.2. The van der Waals surface area contributed by atoms with Crippen LogP contribution in [0.1, 0.15) is 67.2 Å². The Balaban J connectivity index is 2.09. The van der Waals surface area contributed by atoms with Crippen LogP contribution in [-0.2, 0) is 9.47 Å². The van der Waals surface area contributed by atoms with Crippen molar-refractivity contribution in [1.29, 1.82) is 0 Å². The Hall–Kier alpha value is -1.50. The predicted molar refractivity (Wildman–Crippen MR) is 103 cm³/mol. The van der Waals surface area contributed by atoms with Gasteiger partial charge in [-0.1, -0.05) is 0 Å². The first-order chi connectivity index (χ1) is 12.4. The van der Waals surface area contributed by atoms with E-state index in [0.717, 1.165) is 12.8 Å². The zero-order chi connectivity index (χ0) is 20.5. The van der Waals surface area contributed by atoms with Crippen LogP contribution in [-0.4, -0.2) is 70.1 Å². The van der Waals surface area contributed by atoms with Crippen molar-refractivity contribution in [3.8, 4) is 0 Å². The highest BCUT2D eigenvalue weighted by Gasteiger charge is 2.46. The van der Waals surface area contributed by atoms with Gasteiger partial charge in [0, 0.05) is 19.6 Å². The number of hydrogen-bond donors (Lipinski definition) is 1. The number of carbonyl (C=O) groups is 2. The highest BCUT2D eigenvalue weighted by atomic mass is 16.6. The molecule has 0 aromatic rings. The molecule has 7 heteroatoms. The van der Waals surface area contributed by atoms with E-state index in [1.54, 1.807) is 9.80 Å². The van der Waals surface area contributed by atoms with Crippen molar-refractivity contribution in [2.24, 2.45) is 5.92 Å². The van der Waals surface area contributed by atoms with Crippen molar-refractivity contribution >= 4 is 12.2 Å². The maximum absolute atomic E-state index is 12.9. The molecular weight excluding hydrogens is 348 g/mol. The fourth-order valence-electron chi connectivity index (χ4n) is 3.28. The number of aliphatic hydroxyl groups is 1. The van der Waals surface area contributed by atoms with Crippen LogP contribution < -0.4 is 0 Å². The van der Waals surface area contributed by atoms with E-state index in [0.29, 0.717) is 38.4 Å². The normalized spacial score (nSPS) is 20.2. The molecule has 2 amide bonds. The lowest BCUT2D eigenvalue weighted by atomic mass is 9.86. The number of carbonyl (C=O) groups excluding carboxylic acids is 2. The summed E-state index contributed by atoms with van der Waals surface area (Å²) in [6, 6.07) is 0. The van der Waals surface area contributed by atoms with Crippen LogP contribution in [0.3, 0.4) is 0 Å². The number of likely N-dealkylation sites (tertiary alicyclic amines) is 1. The zero-order valence-electron chi connectivity index (χ0n) is 17.7. The molecule has 1 aliphatic heterocycles. The van der Waals surface area contributed by atoms with Crippen molar-refractivity contribution in [3.05, 3.63) is 0 Å². The lowest BCUT2D eigenvalue weighted by molar-refractivity contribution is -0.0462. The standard InChI is InChI=1S/C20H36N2O5/c1-18(2,3)26-16(24)21-11-9-20(14-23,10-12-21)22(13-15-7-8-15)17(25)27-19(4,5)6/h15,23H,7-14H2,1-6H3. The van der Waals surface area contributed by atoms with Crippen LogP contribution in [0.2, 0.25) is 0 Å². The van der Waals surface area contributed by atoms with E-state index >= 15 is 0 Å². The van der Waals surface area contributed by atoms with Crippen LogP contribution in [0.15, 0.2) is 0 Å². The van der Waals surface area contributed by atoms with Crippen LogP contribution in [0.25, 0.3) is 0 Å². The van der Waals surface area contributed by atoms with Gasteiger partial charge in [-0.15, -0.1) is 0 Å². The maximum atomic E-state index is 12.9. The van der Waals surface area contributed by atoms with Crippen molar-refractivity contribution in [1.82, 2.24) is 9.80 Å². The van der Waals surface area contributed by atoms with Gasteiger partial charge < -0.3 is 19.5 Å². The molecule has 156 valence electrons. The molecular formula is C20H36N2O5. The van der Waals surface area contributed by atoms with Gasteiger partial charge in [-0.2, -0.15) is 0 Å². The SMILES string of the molecule is CC(C)(C)OC(=O)N1CCC(CO)(N(CC2CC2)C(=O)OC(C)(C)C)CC1. The number of rotatable bonds is 4. The maximum Gasteiger partial charge on any atom is 0.410 e. The van der Waals surface area contributed by atoms with Crippen LogP contribution in [0.4, 0.5) is 9.59 Å². The van der Waals surface area contributed by atoms with E-state index in [4.69, 9.17) is 9.47 Å². The number of aliphatic hydroxyl groups excluding tert-OH is 1. The van der Waals surface area contributed by atoms with E-state index in [1.165, 1.54) is 0 Å². The van der Waals surface area contributed by atoms with Gasteiger partial charge in [-0.05, 0) is 73.1 Å². The lowest BCUT2D eigenvalue weighted by Gasteiger charge is -2.47. The average Bonchev–Trinajstić information content (AvgIpc) is 3.33. The summed E-state index contributed by atoms with van der Waals surface area (Å²) < 4.78 is 11.1. The third-order valence-corrected chi connectivity index (χ3v) is 4.96. The topological polar surface area (TPSA) is 79.3 Å². The molecule has 1 aliphatic carbocycles. The number of amides is 2. The molecule has 0 unspecified atom stereocenters. The van der Waals surface area contributed by atoms with Crippen LogP contribution in [0, 0.1) is 5.92 Å². The Morgan fingerprint density at radius 1 is 1.04 bits per heavy atom. The average molecular weight is 385 g/mol. The largest absolute Gasteiger partial charge is 0.444 e. The fourth-order valence-corrected chi connectivity index (χ4v) is 3.28. The summed E-state index contributed by atoms with van der Waals surface area (Å²) in [6.07, 6.45) is 2.49. The molecule has 0 bridgehead atoms. The van der Waals surface area contributed by atoms with Gasteiger partial charge in [0.05, 0.1) is 12.1 Å². The van der Waals surface area contributed by atoms with E-state index in [9.17, 15) is 14.7 Å². The minimum absolute atomic E-state index is 0.138. The minimum Gasteiger partial charge on any atom is -0.444 e. The van der Waals surface area contributed by atoms with Crippen molar-refractivity contribution < 1.29 is 24.2 Å². The van der Waals surface area contributed by atoms with Gasteiger partial charge in [0.2, 0.25) is 0 Å². The third kappa shape index (κ3) is 6.26. The van der Waals surface area contributed by atoms with E-state index in [2.05, 4.69) is 0 Å². The van der Waals surface area contributed by atoms with Gasteiger partial charge in [-0.25, -0.2) is 9.59 Å². The molecule has 1 heterocycles. The molecule has 7 nitrogen and oxygen atoms in total. The Bertz CT molecular complexity index is 538. The molecule has 2 aliphatic rings. The van der Waals surface area contributed by atoms with E-state index in [1.807, 2.05) is 41.5 Å². The molecule has 0 aromatic heterocycles. The number of hydrogen-bond acceptors (Lipinski definition) is 5. The zero-order valence-corrected chi connectivity index (χ0v) is 17.7. The molecule has 0 atom stereocenters. The molecule has 0 aromatic carbocycles. The van der Waals surface area contributed by atoms with Crippen LogP contribution >= 0.6 is 0 Å². The fraction of sp³-hybridized carbons (Fsp3) is 0.900. The molecule has 1 saturated carbocycles. The van der Waals surface area contributed by atoms with Gasteiger partial charge >= 0.3 is 12.2 Å². The molecule has 27 heavy (non-hydrogen) atoms. The second-order valence-electron chi connectivity index (χ2n) is 9.88. The van der Waals surface area contributed by atoms with Gasteiger partial charge in [0.1, 0.15) is 11.2 Å². The predicted octanol–water partition coefficient (Wildman–Crippen LogP) is 3.40. The molecule has 2 rings (SSSR count). The molecule has 2 fully saturated rings. The van der Waals surface area contributed by atoms with E-state index in [-0.39, 0.29) is 18.8 Å². The van der Waals surface area contributed by atoms with Crippen molar-refractivity contribution in [3.63, 3.8) is 0 Å². The summed E-state index contributed by atoms with van der Waals surface area (Å²) in [7, 11) is 0. The van der Waals surface area contributed by atoms with Crippen molar-refractivity contribution in [2.75, 3.05) is 26.2 Å². The first-order valence-corrected chi connectivity index (χ1v) is 9.95. The van der Waals surface area contributed by atoms with Crippen molar-refractivity contribution in [2.45, 2.75) is 84.0 Å². The Kier molecular flexibility index (Phi) is 6.34. The van der Waals surface area contributed by atoms with E-state index < -0.39 is 16.7 Å². The summed E-state index contributed by atoms with van der Waals surface area (Å²) in [6.45, 7) is 12.4. The van der Waals surface area contributed by atoms with Crippen LogP contribution in [0.5, 0.6) is 0 Å². The second-order valence-corrected chi connectivity index (χ2v) is 9.88. The minimum atomic E-state index is -0.691. The number of nitrogens with zero attached hydrogens (tertiary/aromatic N) is 2. The third-order valence-electron chi connectivity index (χ3n) is 4.96. The first kappa shape index (κ1) is 21.8. The molecule has 0 radical (unpaired) electrons. The molecule has 0 spiro atoms. The molecule has 1 N–H and O–H groups in total. The summed E-state index contributed by atoms with van der Waals surface area (Å²) in [5.74, 6) is 0.477. The first-order valence-electron chi connectivity index (χ1n) is 9.95. The highest BCUT2D eigenvalue weighted by molar-refractivity contribution is 5.70. The smallest absolute Gasteiger partial charge is 0.410 e. The Morgan fingerprint density at radius 2 is 1.56 bits per heavy atom. The summed E-state index contributed by atoms with van der Waals surface area (Å²) in [4.78, 5) is 28.6. The summed E-state index contributed by atoms with van der Waals surface area (Å²) >= 11 is 0. The highest BCUT2D eigenvalue weighted by Crippen LogP contribution is 2.37. The lowest BCUT2D eigenvalue weighted by Crippen LogP contribution is -2.61. The van der Waals surface area contributed by atoms with Gasteiger partial charge in [0.15, 0.2) is 0 Å². The van der Waals surface area contributed by atoms with Gasteiger partial charge in [0.25, 0.3) is 0 Å². The number of piperidine rings is 1. The monoisotopic (exact) mass is 384 g/mol. The second kappa shape index (κ2) is 7.86. The molecule has 1 saturated heterocycles.